The minimum Gasteiger partial charge on any atom is -0.249 e. The monoisotopic (exact) mass is 315 g/mol. The summed E-state index contributed by atoms with van der Waals surface area (Å²) < 4.78 is 0. The third-order valence-electron chi connectivity index (χ3n) is 4.25. The summed E-state index contributed by atoms with van der Waals surface area (Å²) in [4.78, 5) is 6.03. The van der Waals surface area contributed by atoms with Crippen molar-refractivity contribution in [2.24, 2.45) is 0 Å². The average molecular weight is 316 g/mol. The van der Waals surface area contributed by atoms with Gasteiger partial charge in [0.25, 0.3) is 0 Å². The Morgan fingerprint density at radius 1 is 1.05 bits per heavy atom. The fourth-order valence-electron chi connectivity index (χ4n) is 2.64. The number of thiazole rings is 1. The number of aromatic nitrogens is 1. The molecule has 1 heterocycles. The minimum atomic E-state index is 0.575. The van der Waals surface area contributed by atoms with Crippen molar-refractivity contribution in [1.29, 1.82) is 0 Å². The first-order valence-electron chi connectivity index (χ1n) is 8.51. The molecule has 1 aromatic heterocycles. The van der Waals surface area contributed by atoms with Gasteiger partial charge in [-0.15, -0.1) is 11.3 Å². The third-order valence-corrected chi connectivity index (χ3v) is 5.78. The topological polar surface area (TPSA) is 12.9 Å². The third kappa shape index (κ3) is 4.67. The van der Waals surface area contributed by atoms with Crippen LogP contribution in [0.25, 0.3) is 0 Å². The Kier molecular flexibility index (Phi) is 6.19. The molecule has 0 bridgehead atoms. The van der Waals surface area contributed by atoms with Crippen LogP contribution in [0.3, 0.4) is 0 Å². The zero-order valence-electron chi connectivity index (χ0n) is 14.6. The lowest BCUT2D eigenvalue weighted by Crippen LogP contribution is -1.95. The van der Waals surface area contributed by atoms with Gasteiger partial charge in [-0.3, -0.25) is 0 Å². The number of aryl methyl sites for hydroxylation is 1. The number of rotatable bonds is 7. The molecule has 0 saturated heterocycles. The van der Waals surface area contributed by atoms with Crippen molar-refractivity contribution in [3.05, 3.63) is 51.5 Å². The molecule has 0 N–H and O–H groups in total. The van der Waals surface area contributed by atoms with Gasteiger partial charge in [0.15, 0.2) is 0 Å². The van der Waals surface area contributed by atoms with Gasteiger partial charge in [-0.2, -0.15) is 0 Å². The van der Waals surface area contributed by atoms with Crippen LogP contribution in [0.2, 0.25) is 0 Å². The summed E-state index contributed by atoms with van der Waals surface area (Å²) in [6.07, 6.45) is 5.69. The maximum atomic E-state index is 4.62. The van der Waals surface area contributed by atoms with Gasteiger partial charge >= 0.3 is 0 Å². The summed E-state index contributed by atoms with van der Waals surface area (Å²) in [5, 5.41) is 1.31. The summed E-state index contributed by atoms with van der Waals surface area (Å²) in [5.41, 5.74) is 2.92. The van der Waals surface area contributed by atoms with Crippen LogP contribution in [0.4, 0.5) is 0 Å². The molecule has 0 aliphatic heterocycles. The first-order valence-corrected chi connectivity index (χ1v) is 9.33. The standard InChI is InChI=1S/C20H29NS/c1-14(2)18-11-7-10-17(12-18)9-6-8-16(5)20-21-13-19(22-20)15(3)4/h7,10-16H,6,8-9H2,1-5H3. The SMILES string of the molecule is CC(C)c1cccc(CCCC(C)c2ncc(C(C)C)s2)c1. The zero-order chi connectivity index (χ0) is 16.1. The second-order valence-electron chi connectivity index (χ2n) is 6.95. The van der Waals surface area contributed by atoms with E-state index >= 15 is 0 Å². The Balaban J connectivity index is 1.86. The van der Waals surface area contributed by atoms with Gasteiger partial charge in [-0.05, 0) is 42.2 Å². The quantitative estimate of drug-likeness (QED) is 0.567. The fraction of sp³-hybridized carbons (Fsp3) is 0.550. The molecule has 2 rings (SSSR count). The maximum absolute atomic E-state index is 4.62. The minimum absolute atomic E-state index is 0.575. The highest BCUT2D eigenvalue weighted by molar-refractivity contribution is 7.11. The Hall–Kier alpha value is -1.15. The summed E-state index contributed by atoms with van der Waals surface area (Å²) in [7, 11) is 0. The van der Waals surface area contributed by atoms with Crippen LogP contribution < -0.4 is 0 Å². The fourth-order valence-corrected chi connectivity index (χ4v) is 3.65. The van der Waals surface area contributed by atoms with E-state index in [-0.39, 0.29) is 0 Å². The first-order chi connectivity index (χ1) is 10.5. The van der Waals surface area contributed by atoms with Crippen LogP contribution in [-0.4, -0.2) is 4.98 Å². The van der Waals surface area contributed by atoms with Crippen molar-refractivity contribution < 1.29 is 0 Å². The maximum Gasteiger partial charge on any atom is 0.0955 e. The Labute approximate surface area is 139 Å². The van der Waals surface area contributed by atoms with Crippen LogP contribution in [0.15, 0.2) is 30.5 Å². The van der Waals surface area contributed by atoms with E-state index in [0.29, 0.717) is 17.8 Å². The lowest BCUT2D eigenvalue weighted by Gasteiger charge is -2.10. The number of nitrogens with zero attached hydrogens (tertiary/aromatic N) is 1. The molecule has 1 aromatic carbocycles. The van der Waals surface area contributed by atoms with Gasteiger partial charge in [0.05, 0.1) is 5.01 Å². The molecular formula is C20H29NS. The lowest BCUT2D eigenvalue weighted by atomic mass is 9.97. The molecular weight excluding hydrogens is 286 g/mol. The Bertz CT molecular complexity index is 583. The molecule has 0 aliphatic carbocycles. The smallest absolute Gasteiger partial charge is 0.0955 e. The molecule has 0 saturated carbocycles. The van der Waals surface area contributed by atoms with Crippen molar-refractivity contribution in [2.45, 2.75) is 71.6 Å². The van der Waals surface area contributed by atoms with E-state index in [2.05, 4.69) is 70.1 Å². The Morgan fingerprint density at radius 2 is 1.82 bits per heavy atom. The van der Waals surface area contributed by atoms with Crippen LogP contribution in [0, 0.1) is 0 Å². The molecule has 0 fully saturated rings. The van der Waals surface area contributed by atoms with E-state index < -0.39 is 0 Å². The van der Waals surface area contributed by atoms with Crippen LogP contribution >= 0.6 is 11.3 Å². The molecule has 2 aromatic rings. The highest BCUT2D eigenvalue weighted by Gasteiger charge is 2.12. The molecule has 1 unspecified atom stereocenters. The molecule has 1 atom stereocenters. The van der Waals surface area contributed by atoms with Crippen molar-refractivity contribution in [2.75, 3.05) is 0 Å². The molecule has 120 valence electrons. The summed E-state index contributed by atoms with van der Waals surface area (Å²) in [5.74, 6) is 1.78. The predicted octanol–water partition coefficient (Wildman–Crippen LogP) is 6.52. The lowest BCUT2D eigenvalue weighted by molar-refractivity contribution is 0.630. The molecule has 0 aliphatic rings. The molecule has 2 heteroatoms. The number of benzene rings is 1. The van der Waals surface area contributed by atoms with Crippen LogP contribution in [0.1, 0.15) is 86.2 Å². The van der Waals surface area contributed by atoms with E-state index in [4.69, 9.17) is 0 Å². The van der Waals surface area contributed by atoms with Gasteiger partial charge in [0, 0.05) is 17.0 Å². The van der Waals surface area contributed by atoms with Gasteiger partial charge < -0.3 is 0 Å². The van der Waals surface area contributed by atoms with Gasteiger partial charge in [-0.1, -0.05) is 58.9 Å². The van der Waals surface area contributed by atoms with E-state index in [1.807, 2.05) is 11.3 Å². The van der Waals surface area contributed by atoms with Gasteiger partial charge in [0.1, 0.15) is 0 Å². The second-order valence-corrected chi connectivity index (χ2v) is 8.04. The van der Waals surface area contributed by atoms with E-state index in [1.54, 1.807) is 0 Å². The number of hydrogen-bond acceptors (Lipinski definition) is 2. The second kappa shape index (κ2) is 7.92. The predicted molar refractivity (Wildman–Crippen MR) is 98.1 cm³/mol. The molecule has 0 spiro atoms. The van der Waals surface area contributed by atoms with E-state index in [0.717, 1.165) is 0 Å². The van der Waals surface area contributed by atoms with Crippen molar-refractivity contribution >= 4 is 11.3 Å². The highest BCUT2D eigenvalue weighted by Crippen LogP contribution is 2.29. The van der Waals surface area contributed by atoms with Crippen molar-refractivity contribution in [3.8, 4) is 0 Å². The van der Waals surface area contributed by atoms with Gasteiger partial charge in [-0.25, -0.2) is 4.98 Å². The van der Waals surface area contributed by atoms with E-state index in [9.17, 15) is 0 Å². The molecule has 1 nitrogen and oxygen atoms in total. The largest absolute Gasteiger partial charge is 0.249 e. The van der Waals surface area contributed by atoms with Crippen LogP contribution in [-0.2, 0) is 6.42 Å². The number of hydrogen-bond donors (Lipinski definition) is 0. The zero-order valence-corrected chi connectivity index (χ0v) is 15.4. The summed E-state index contributed by atoms with van der Waals surface area (Å²) in [6.45, 7) is 11.3. The molecule has 0 radical (unpaired) electrons. The van der Waals surface area contributed by atoms with Gasteiger partial charge in [0.2, 0.25) is 0 Å². The summed E-state index contributed by atoms with van der Waals surface area (Å²) >= 11 is 1.89. The Morgan fingerprint density at radius 3 is 2.45 bits per heavy atom. The van der Waals surface area contributed by atoms with Crippen molar-refractivity contribution in [1.82, 2.24) is 4.98 Å². The normalized spacial score (nSPS) is 13.0. The molecule has 22 heavy (non-hydrogen) atoms. The van der Waals surface area contributed by atoms with Crippen LogP contribution in [0.5, 0.6) is 0 Å². The van der Waals surface area contributed by atoms with E-state index in [1.165, 1.54) is 40.3 Å². The first kappa shape index (κ1) is 17.2. The average Bonchev–Trinajstić information content (AvgIpc) is 2.97. The van der Waals surface area contributed by atoms with Crippen molar-refractivity contribution in [3.63, 3.8) is 0 Å². The highest BCUT2D eigenvalue weighted by atomic mass is 32.1. The summed E-state index contributed by atoms with van der Waals surface area (Å²) in [6, 6.07) is 9.07. The molecule has 0 amide bonds.